The molecule has 0 aliphatic heterocycles. The number of carboxylic acids is 1. The fourth-order valence-electron chi connectivity index (χ4n) is 2.83. The number of rotatable bonds is 5. The second-order valence-corrected chi connectivity index (χ2v) is 7.30. The van der Waals surface area contributed by atoms with Crippen molar-refractivity contribution in [2.75, 3.05) is 5.32 Å². The van der Waals surface area contributed by atoms with E-state index in [1.165, 1.54) is 6.07 Å². The molecular formula is C20H16Cl2N4O5. The molecule has 0 fully saturated rings. The zero-order valence-corrected chi connectivity index (χ0v) is 17.5. The van der Waals surface area contributed by atoms with E-state index in [1.807, 2.05) is 6.92 Å². The summed E-state index contributed by atoms with van der Waals surface area (Å²) in [4.78, 5) is 41.7. The largest absolute Gasteiger partial charge is 0.501 e. The highest BCUT2D eigenvalue weighted by molar-refractivity contribution is 6.35. The van der Waals surface area contributed by atoms with Crippen LogP contribution in [0.5, 0.6) is 5.75 Å². The number of carbonyl (C=O) groups excluding carboxylic acids is 1. The van der Waals surface area contributed by atoms with E-state index >= 15 is 0 Å². The normalized spacial score (nSPS) is 10.5. The van der Waals surface area contributed by atoms with Crippen LogP contribution in [0.25, 0.3) is 11.4 Å². The van der Waals surface area contributed by atoms with Crippen LogP contribution in [0, 0.1) is 6.92 Å². The van der Waals surface area contributed by atoms with Gasteiger partial charge in [0.05, 0.1) is 5.69 Å². The first kappa shape index (κ1) is 22.1. The Morgan fingerprint density at radius 3 is 2.58 bits per heavy atom. The maximum Gasteiger partial charge on any atom is 0.358 e. The lowest BCUT2D eigenvalue weighted by molar-refractivity contribution is 0.0686. The van der Waals surface area contributed by atoms with Crippen LogP contribution >= 0.6 is 23.2 Å². The molecule has 1 aromatic heterocycles. The number of halogens is 2. The Hall–Kier alpha value is -3.56. The molecule has 0 atom stereocenters. The summed E-state index contributed by atoms with van der Waals surface area (Å²) in [6.07, 6.45) is 0. The number of urea groups is 1. The molecule has 160 valence electrons. The minimum atomic E-state index is -1.57. The molecular weight excluding hydrogens is 447 g/mol. The Balaban J connectivity index is 1.84. The third-order valence-corrected chi connectivity index (χ3v) is 4.89. The van der Waals surface area contributed by atoms with Crippen molar-refractivity contribution in [1.29, 1.82) is 0 Å². The van der Waals surface area contributed by atoms with Gasteiger partial charge in [-0.3, -0.25) is 4.79 Å². The number of H-pyrrole nitrogens is 1. The molecule has 31 heavy (non-hydrogen) atoms. The quantitative estimate of drug-likeness (QED) is 0.390. The van der Waals surface area contributed by atoms with Gasteiger partial charge in [-0.05, 0) is 42.3 Å². The lowest BCUT2D eigenvalue weighted by Crippen LogP contribution is -2.29. The highest BCUT2D eigenvalue weighted by atomic mass is 35.5. The van der Waals surface area contributed by atoms with Crippen LogP contribution in [0.2, 0.25) is 10.0 Å². The van der Waals surface area contributed by atoms with Gasteiger partial charge in [0, 0.05) is 22.2 Å². The Labute approximate surface area is 185 Å². The van der Waals surface area contributed by atoms with E-state index in [0.29, 0.717) is 15.6 Å². The predicted molar refractivity (Wildman–Crippen MR) is 116 cm³/mol. The minimum absolute atomic E-state index is 0.132. The van der Waals surface area contributed by atoms with Crippen molar-refractivity contribution in [3.8, 4) is 17.1 Å². The number of aromatic carboxylic acids is 1. The topological polar surface area (TPSA) is 144 Å². The number of benzene rings is 2. The number of carboxylic acid groups (broad SMARTS) is 1. The zero-order valence-electron chi connectivity index (χ0n) is 16.0. The van der Waals surface area contributed by atoms with Crippen LogP contribution < -0.4 is 16.2 Å². The molecule has 0 saturated heterocycles. The molecule has 0 aliphatic carbocycles. The third kappa shape index (κ3) is 4.96. The number of aromatic amines is 1. The second-order valence-electron chi connectivity index (χ2n) is 6.45. The Bertz CT molecular complexity index is 1220. The van der Waals surface area contributed by atoms with Crippen molar-refractivity contribution < 1.29 is 19.8 Å². The molecule has 5 N–H and O–H groups in total. The zero-order chi connectivity index (χ0) is 22.7. The van der Waals surface area contributed by atoms with Crippen molar-refractivity contribution in [2.45, 2.75) is 13.5 Å². The summed E-state index contributed by atoms with van der Waals surface area (Å²) >= 11 is 12.1. The van der Waals surface area contributed by atoms with E-state index < -0.39 is 29.0 Å². The number of hydrogen-bond acceptors (Lipinski definition) is 5. The molecule has 2 amide bonds. The average molecular weight is 463 g/mol. The van der Waals surface area contributed by atoms with Gasteiger partial charge < -0.3 is 25.8 Å². The van der Waals surface area contributed by atoms with Crippen LogP contribution in [0.1, 0.15) is 21.6 Å². The number of nitrogens with one attached hydrogen (secondary N) is 3. The number of nitrogens with zero attached hydrogens (tertiary/aromatic N) is 1. The second kappa shape index (κ2) is 9.07. The third-order valence-electron chi connectivity index (χ3n) is 4.34. The summed E-state index contributed by atoms with van der Waals surface area (Å²) in [6.45, 7) is 1.95. The van der Waals surface area contributed by atoms with Crippen LogP contribution in [0.4, 0.5) is 10.5 Å². The molecule has 1 heterocycles. The molecule has 0 saturated carbocycles. The molecule has 3 rings (SSSR count). The van der Waals surface area contributed by atoms with Crippen molar-refractivity contribution in [1.82, 2.24) is 15.3 Å². The van der Waals surface area contributed by atoms with E-state index in [2.05, 4.69) is 20.6 Å². The predicted octanol–water partition coefficient (Wildman–Crippen LogP) is 3.78. The summed E-state index contributed by atoms with van der Waals surface area (Å²) in [6, 6.07) is 9.05. The molecule has 0 bridgehead atoms. The lowest BCUT2D eigenvalue weighted by Gasteiger charge is -2.14. The average Bonchev–Trinajstić information content (AvgIpc) is 2.69. The maximum absolute atomic E-state index is 12.4. The number of aromatic nitrogens is 2. The highest BCUT2D eigenvalue weighted by Crippen LogP contribution is 2.27. The highest BCUT2D eigenvalue weighted by Gasteiger charge is 2.19. The molecule has 2 aromatic carbocycles. The van der Waals surface area contributed by atoms with Crippen molar-refractivity contribution in [2.24, 2.45) is 0 Å². The van der Waals surface area contributed by atoms with Gasteiger partial charge in [0.25, 0.3) is 5.56 Å². The number of hydrogen-bond donors (Lipinski definition) is 5. The Morgan fingerprint density at radius 1 is 1.19 bits per heavy atom. The van der Waals surface area contributed by atoms with Crippen LogP contribution in [-0.4, -0.2) is 32.2 Å². The van der Waals surface area contributed by atoms with Gasteiger partial charge in [-0.2, -0.15) is 0 Å². The number of aromatic hydroxyl groups is 1. The number of carbonyl (C=O) groups is 2. The van der Waals surface area contributed by atoms with Gasteiger partial charge >= 0.3 is 12.0 Å². The Kier molecular flexibility index (Phi) is 6.47. The number of aryl methyl sites for hydroxylation is 1. The van der Waals surface area contributed by atoms with Gasteiger partial charge in [-0.25, -0.2) is 14.6 Å². The van der Waals surface area contributed by atoms with E-state index in [0.717, 1.165) is 5.56 Å². The maximum atomic E-state index is 12.4. The molecule has 0 aliphatic rings. The number of amides is 2. The SMILES string of the molecule is Cc1cc(Cl)cc(Cl)c1CNC(=O)Nc1ccccc1-c1nc(C(=O)O)c(O)c(=O)[nH]1. The van der Waals surface area contributed by atoms with Crippen LogP contribution in [0.3, 0.4) is 0 Å². The van der Waals surface area contributed by atoms with Crippen molar-refractivity contribution in [3.05, 3.63) is 73.6 Å². The molecule has 11 heteroatoms. The van der Waals surface area contributed by atoms with Gasteiger partial charge in [0.1, 0.15) is 5.82 Å². The first-order valence-electron chi connectivity index (χ1n) is 8.82. The van der Waals surface area contributed by atoms with E-state index in [9.17, 15) is 19.5 Å². The van der Waals surface area contributed by atoms with E-state index in [-0.39, 0.29) is 23.6 Å². The van der Waals surface area contributed by atoms with E-state index in [4.69, 9.17) is 28.3 Å². The van der Waals surface area contributed by atoms with Gasteiger partial charge in [0.15, 0.2) is 5.69 Å². The van der Waals surface area contributed by atoms with Gasteiger partial charge in [0.2, 0.25) is 5.75 Å². The molecule has 3 aromatic rings. The summed E-state index contributed by atoms with van der Waals surface area (Å²) in [5.74, 6) is -2.70. The first-order valence-corrected chi connectivity index (χ1v) is 9.58. The summed E-state index contributed by atoms with van der Waals surface area (Å²) in [5, 5.41) is 24.9. The minimum Gasteiger partial charge on any atom is -0.501 e. The van der Waals surface area contributed by atoms with Crippen LogP contribution in [-0.2, 0) is 6.54 Å². The lowest BCUT2D eigenvalue weighted by atomic mass is 10.1. The number of anilines is 1. The van der Waals surface area contributed by atoms with Gasteiger partial charge in [-0.15, -0.1) is 0 Å². The van der Waals surface area contributed by atoms with Crippen molar-refractivity contribution in [3.63, 3.8) is 0 Å². The number of para-hydroxylation sites is 1. The smallest absolute Gasteiger partial charge is 0.358 e. The van der Waals surface area contributed by atoms with E-state index in [1.54, 1.807) is 30.3 Å². The Morgan fingerprint density at radius 2 is 1.90 bits per heavy atom. The van der Waals surface area contributed by atoms with Gasteiger partial charge in [-0.1, -0.05) is 35.3 Å². The summed E-state index contributed by atoms with van der Waals surface area (Å²) < 4.78 is 0. The molecule has 0 radical (unpaired) electrons. The van der Waals surface area contributed by atoms with Crippen LogP contribution in [0.15, 0.2) is 41.2 Å². The molecule has 0 spiro atoms. The van der Waals surface area contributed by atoms with Crippen molar-refractivity contribution >= 4 is 40.9 Å². The fourth-order valence-corrected chi connectivity index (χ4v) is 3.50. The summed E-state index contributed by atoms with van der Waals surface area (Å²) in [7, 11) is 0. The standard InChI is InChI=1S/C20H16Cl2N4O5/c1-9-6-10(21)7-13(22)12(9)8-23-20(31)24-14-5-3-2-4-11(14)17-25-15(19(29)30)16(27)18(28)26-17/h2-7,27H,8H2,1H3,(H,29,30)(H2,23,24,31)(H,25,26,28). The monoisotopic (exact) mass is 462 g/mol. The fraction of sp³-hybridized carbons (Fsp3) is 0.100. The first-order chi connectivity index (χ1) is 14.7. The molecule has 0 unspecified atom stereocenters. The molecule has 9 nitrogen and oxygen atoms in total. The summed E-state index contributed by atoms with van der Waals surface area (Å²) in [5.41, 5.74) is 0.192.